The van der Waals surface area contributed by atoms with Gasteiger partial charge < -0.3 is 10.0 Å². The maximum atomic E-state index is 13.8. The van der Waals surface area contributed by atoms with Crippen LogP contribution in [0.4, 0.5) is 23.4 Å². The van der Waals surface area contributed by atoms with Crippen LogP contribution in [0.1, 0.15) is 19.4 Å². The minimum Gasteiger partial charge on any atom is -0.392 e. The molecule has 0 aliphatic rings. The number of alkyl halides is 3. The Bertz CT molecular complexity index is 407. The maximum Gasteiger partial charge on any atom is 0.405 e. The molecule has 0 aromatic carbocycles. The first-order chi connectivity index (χ1) is 8.26. The summed E-state index contributed by atoms with van der Waals surface area (Å²) in [7, 11) is 0. The number of aromatic nitrogens is 1. The van der Waals surface area contributed by atoms with Gasteiger partial charge in [0, 0.05) is 17.8 Å². The summed E-state index contributed by atoms with van der Waals surface area (Å²) in [5.41, 5.74) is -0.0761. The van der Waals surface area contributed by atoms with E-state index in [1.807, 2.05) is 0 Å². The van der Waals surface area contributed by atoms with Gasteiger partial charge in [-0.1, -0.05) is 0 Å². The first-order valence-electron chi connectivity index (χ1n) is 5.34. The van der Waals surface area contributed by atoms with Crippen LogP contribution >= 0.6 is 0 Å². The van der Waals surface area contributed by atoms with Crippen LogP contribution in [-0.2, 0) is 6.61 Å². The summed E-state index contributed by atoms with van der Waals surface area (Å²) in [5.74, 6) is -1.31. The molecule has 0 unspecified atom stereocenters. The molecular formula is C11H14F4N2O. The Morgan fingerprint density at radius 1 is 1.39 bits per heavy atom. The quantitative estimate of drug-likeness (QED) is 0.851. The largest absolute Gasteiger partial charge is 0.405 e. The SMILES string of the molecule is CC(C)N(CC(F)(F)F)c1nccc(CO)c1F. The van der Waals surface area contributed by atoms with Gasteiger partial charge in [0.05, 0.1) is 6.61 Å². The Kier molecular flexibility index (Phi) is 4.50. The van der Waals surface area contributed by atoms with Crippen molar-refractivity contribution in [3.8, 4) is 0 Å². The van der Waals surface area contributed by atoms with Gasteiger partial charge >= 0.3 is 6.18 Å². The van der Waals surface area contributed by atoms with Gasteiger partial charge in [-0.3, -0.25) is 0 Å². The van der Waals surface area contributed by atoms with Crippen LogP contribution in [0.15, 0.2) is 12.3 Å². The van der Waals surface area contributed by atoms with Gasteiger partial charge in [-0.05, 0) is 19.9 Å². The molecule has 102 valence electrons. The van der Waals surface area contributed by atoms with Gasteiger partial charge in [-0.25, -0.2) is 9.37 Å². The average molecular weight is 266 g/mol. The van der Waals surface area contributed by atoms with Crippen LogP contribution in [0.5, 0.6) is 0 Å². The molecule has 0 atom stereocenters. The number of hydrogen-bond donors (Lipinski definition) is 1. The topological polar surface area (TPSA) is 36.4 Å². The van der Waals surface area contributed by atoms with E-state index >= 15 is 0 Å². The van der Waals surface area contributed by atoms with Crippen molar-refractivity contribution < 1.29 is 22.7 Å². The maximum absolute atomic E-state index is 13.8. The normalized spacial score (nSPS) is 12.0. The van der Waals surface area contributed by atoms with Crippen molar-refractivity contribution in [1.82, 2.24) is 4.98 Å². The zero-order valence-corrected chi connectivity index (χ0v) is 10.00. The fourth-order valence-corrected chi connectivity index (χ4v) is 1.49. The first-order valence-corrected chi connectivity index (χ1v) is 5.34. The van der Waals surface area contributed by atoms with Crippen LogP contribution in [0.3, 0.4) is 0 Å². The van der Waals surface area contributed by atoms with Crippen molar-refractivity contribution in [2.75, 3.05) is 11.4 Å². The number of nitrogens with zero attached hydrogens (tertiary/aromatic N) is 2. The summed E-state index contributed by atoms with van der Waals surface area (Å²) in [6, 6.07) is 0.660. The van der Waals surface area contributed by atoms with Gasteiger partial charge in [0.2, 0.25) is 0 Å². The zero-order chi connectivity index (χ0) is 13.9. The van der Waals surface area contributed by atoms with E-state index in [1.54, 1.807) is 0 Å². The van der Waals surface area contributed by atoms with E-state index in [-0.39, 0.29) is 5.56 Å². The van der Waals surface area contributed by atoms with Gasteiger partial charge in [0.1, 0.15) is 6.54 Å². The average Bonchev–Trinajstić information content (AvgIpc) is 2.25. The standard InChI is InChI=1S/C11H14F4N2O/c1-7(2)17(6-11(13,14)15)10-9(12)8(5-18)3-4-16-10/h3-4,7,18H,5-6H2,1-2H3. The third kappa shape index (κ3) is 3.56. The predicted molar refractivity (Wildman–Crippen MR) is 58.7 cm³/mol. The lowest BCUT2D eigenvalue weighted by atomic mass is 10.2. The van der Waals surface area contributed by atoms with Crippen LogP contribution in [-0.4, -0.2) is 28.9 Å². The van der Waals surface area contributed by atoms with Crippen LogP contribution < -0.4 is 4.90 Å². The molecule has 3 nitrogen and oxygen atoms in total. The third-order valence-electron chi connectivity index (χ3n) is 2.37. The summed E-state index contributed by atoms with van der Waals surface area (Å²) in [5, 5.41) is 8.89. The summed E-state index contributed by atoms with van der Waals surface area (Å²) >= 11 is 0. The van der Waals surface area contributed by atoms with E-state index in [1.165, 1.54) is 26.1 Å². The van der Waals surface area contributed by atoms with Crippen molar-refractivity contribution >= 4 is 5.82 Å². The fourth-order valence-electron chi connectivity index (χ4n) is 1.49. The molecule has 1 aromatic heterocycles. The number of hydrogen-bond acceptors (Lipinski definition) is 3. The lowest BCUT2D eigenvalue weighted by Crippen LogP contribution is -2.40. The second-order valence-corrected chi connectivity index (χ2v) is 4.10. The number of rotatable bonds is 4. The Hall–Kier alpha value is -1.37. The Morgan fingerprint density at radius 2 is 2.00 bits per heavy atom. The lowest BCUT2D eigenvalue weighted by Gasteiger charge is -2.29. The van der Waals surface area contributed by atoms with E-state index in [0.717, 1.165) is 4.90 Å². The predicted octanol–water partition coefficient (Wildman–Crippen LogP) is 2.49. The number of aliphatic hydroxyl groups excluding tert-OH is 1. The minimum absolute atomic E-state index is 0.0761. The molecule has 0 spiro atoms. The minimum atomic E-state index is -4.45. The molecule has 7 heteroatoms. The second kappa shape index (κ2) is 5.51. The lowest BCUT2D eigenvalue weighted by molar-refractivity contribution is -0.120. The van der Waals surface area contributed by atoms with Crippen LogP contribution in [0.25, 0.3) is 0 Å². The van der Waals surface area contributed by atoms with Crippen molar-refractivity contribution in [3.63, 3.8) is 0 Å². The smallest absolute Gasteiger partial charge is 0.392 e. The van der Waals surface area contributed by atoms with Gasteiger partial charge in [-0.2, -0.15) is 13.2 Å². The summed E-state index contributed by atoms with van der Waals surface area (Å²) in [4.78, 5) is 4.45. The Morgan fingerprint density at radius 3 is 2.44 bits per heavy atom. The summed E-state index contributed by atoms with van der Waals surface area (Å²) < 4.78 is 51.1. The van der Waals surface area contributed by atoms with Crippen molar-refractivity contribution in [1.29, 1.82) is 0 Å². The Labute approximate surface area is 102 Å². The molecule has 0 aliphatic carbocycles. The molecule has 0 radical (unpaired) electrons. The highest BCUT2D eigenvalue weighted by Crippen LogP contribution is 2.26. The van der Waals surface area contributed by atoms with Crippen molar-refractivity contribution in [3.05, 3.63) is 23.6 Å². The van der Waals surface area contributed by atoms with E-state index in [0.29, 0.717) is 0 Å². The van der Waals surface area contributed by atoms with Crippen LogP contribution in [0.2, 0.25) is 0 Å². The highest BCUT2D eigenvalue weighted by atomic mass is 19.4. The van der Waals surface area contributed by atoms with E-state index in [4.69, 9.17) is 5.11 Å². The molecule has 18 heavy (non-hydrogen) atoms. The monoisotopic (exact) mass is 266 g/mol. The molecule has 1 aromatic rings. The molecule has 0 fully saturated rings. The molecule has 0 saturated heterocycles. The molecule has 0 amide bonds. The second-order valence-electron chi connectivity index (χ2n) is 4.10. The highest BCUT2D eigenvalue weighted by Gasteiger charge is 2.33. The summed E-state index contributed by atoms with van der Waals surface area (Å²) in [6.45, 7) is 1.15. The molecule has 0 aliphatic heterocycles. The van der Waals surface area contributed by atoms with Crippen LogP contribution in [0, 0.1) is 5.82 Å². The number of aliphatic hydroxyl groups is 1. The zero-order valence-electron chi connectivity index (χ0n) is 10.00. The number of halogens is 4. The highest BCUT2D eigenvalue weighted by molar-refractivity contribution is 5.44. The molecule has 1 rings (SSSR count). The van der Waals surface area contributed by atoms with E-state index < -0.39 is 37.0 Å². The Balaban J connectivity index is 3.14. The van der Waals surface area contributed by atoms with Crippen molar-refractivity contribution in [2.24, 2.45) is 0 Å². The molecule has 0 saturated carbocycles. The molecule has 0 bridgehead atoms. The number of anilines is 1. The van der Waals surface area contributed by atoms with Gasteiger partial charge in [-0.15, -0.1) is 0 Å². The van der Waals surface area contributed by atoms with Crippen molar-refractivity contribution in [2.45, 2.75) is 32.7 Å². The first kappa shape index (κ1) is 14.7. The number of pyridine rings is 1. The van der Waals surface area contributed by atoms with Gasteiger partial charge in [0.15, 0.2) is 11.6 Å². The summed E-state index contributed by atoms with van der Waals surface area (Å²) in [6.07, 6.45) is -3.27. The fraction of sp³-hybridized carbons (Fsp3) is 0.545. The van der Waals surface area contributed by atoms with Gasteiger partial charge in [0.25, 0.3) is 0 Å². The molecule has 1 heterocycles. The molecular weight excluding hydrogens is 252 g/mol. The molecule has 1 N–H and O–H groups in total. The van der Waals surface area contributed by atoms with E-state index in [9.17, 15) is 17.6 Å². The third-order valence-corrected chi connectivity index (χ3v) is 2.37. The van der Waals surface area contributed by atoms with E-state index in [2.05, 4.69) is 4.98 Å².